The highest BCUT2D eigenvalue weighted by Gasteiger charge is 2.13. The van der Waals surface area contributed by atoms with Crippen molar-refractivity contribution in [3.63, 3.8) is 0 Å². The van der Waals surface area contributed by atoms with Crippen molar-refractivity contribution in [2.24, 2.45) is 12.2 Å². The molecule has 30 heavy (non-hydrogen) atoms. The number of carbonyl (C=O) groups is 1. The highest BCUT2D eigenvalue weighted by Crippen LogP contribution is 2.26. The molecule has 0 radical (unpaired) electrons. The lowest BCUT2D eigenvalue weighted by Crippen LogP contribution is -2.28. The fraction of sp³-hybridized carbons (Fsp3) is 0.150. The summed E-state index contributed by atoms with van der Waals surface area (Å²) in [6, 6.07) is 7.38. The predicted octanol–water partition coefficient (Wildman–Crippen LogP) is 2.95. The van der Waals surface area contributed by atoms with E-state index in [4.69, 9.17) is 5.21 Å². The van der Waals surface area contributed by atoms with Crippen LogP contribution >= 0.6 is 0 Å². The van der Waals surface area contributed by atoms with Gasteiger partial charge in [0.15, 0.2) is 0 Å². The van der Waals surface area contributed by atoms with Gasteiger partial charge in [-0.25, -0.2) is 15.0 Å². The van der Waals surface area contributed by atoms with Gasteiger partial charge in [0.1, 0.15) is 17.2 Å². The maximum atomic E-state index is 12.3. The fourth-order valence-corrected chi connectivity index (χ4v) is 3.11. The van der Waals surface area contributed by atoms with Gasteiger partial charge in [0.25, 0.3) is 5.91 Å². The summed E-state index contributed by atoms with van der Waals surface area (Å²) in [7, 11) is 1.90. The van der Waals surface area contributed by atoms with Crippen LogP contribution in [0, 0.1) is 6.92 Å². The number of fused-ring (bicyclic) bond motifs is 1. The summed E-state index contributed by atoms with van der Waals surface area (Å²) in [5.41, 5.74) is 4.42. The molecule has 3 heterocycles. The Bertz CT molecular complexity index is 1270. The highest BCUT2D eigenvalue weighted by atomic mass is 16.4. The molecule has 152 valence electrons. The fourth-order valence-electron chi connectivity index (χ4n) is 3.11. The minimum Gasteiger partial charge on any atom is -0.409 e. The summed E-state index contributed by atoms with van der Waals surface area (Å²) in [4.78, 5) is 28.5. The molecule has 1 amide bonds. The molecule has 1 aromatic carbocycles. The number of hydrogen-bond acceptors (Lipinski definition) is 7. The van der Waals surface area contributed by atoms with Crippen LogP contribution < -0.4 is 10.6 Å². The van der Waals surface area contributed by atoms with E-state index < -0.39 is 0 Å². The highest BCUT2D eigenvalue weighted by molar-refractivity contribution is 6.07. The van der Waals surface area contributed by atoms with Crippen LogP contribution in [0.5, 0.6) is 0 Å². The topological polar surface area (TPSA) is 133 Å². The second-order valence-electron chi connectivity index (χ2n) is 6.89. The number of imidazole rings is 1. The second-order valence-corrected chi connectivity index (χ2v) is 6.89. The van der Waals surface area contributed by atoms with E-state index in [9.17, 15) is 4.79 Å². The van der Waals surface area contributed by atoms with Crippen LogP contribution in [0.3, 0.4) is 0 Å². The number of benzene rings is 1. The molecule has 10 nitrogen and oxygen atoms in total. The third-order valence-electron chi connectivity index (χ3n) is 4.49. The number of amides is 1. The zero-order valence-corrected chi connectivity index (χ0v) is 16.6. The van der Waals surface area contributed by atoms with Gasteiger partial charge in [0.05, 0.1) is 12.0 Å². The van der Waals surface area contributed by atoms with Gasteiger partial charge in [-0.15, -0.1) is 0 Å². The van der Waals surface area contributed by atoms with Crippen molar-refractivity contribution in [1.82, 2.24) is 29.8 Å². The summed E-state index contributed by atoms with van der Waals surface area (Å²) in [6.07, 6.45) is 5.28. The van der Waals surface area contributed by atoms with Crippen LogP contribution in [0.4, 0.5) is 11.6 Å². The Kier molecular flexibility index (Phi) is 4.88. The molecule has 0 aliphatic carbocycles. The molecular formula is C20H20N8O2. The van der Waals surface area contributed by atoms with E-state index in [-0.39, 0.29) is 11.7 Å². The van der Waals surface area contributed by atoms with Gasteiger partial charge in [-0.05, 0) is 43.7 Å². The van der Waals surface area contributed by atoms with Gasteiger partial charge in [-0.2, -0.15) is 0 Å². The van der Waals surface area contributed by atoms with E-state index >= 15 is 0 Å². The average molecular weight is 404 g/mol. The van der Waals surface area contributed by atoms with Crippen molar-refractivity contribution in [1.29, 1.82) is 0 Å². The van der Waals surface area contributed by atoms with Crippen molar-refractivity contribution in [2.75, 3.05) is 5.32 Å². The lowest BCUT2D eigenvalue weighted by molar-refractivity contribution is 0.0971. The molecular weight excluding hydrogens is 384 g/mol. The number of oxime groups is 1. The summed E-state index contributed by atoms with van der Waals surface area (Å²) < 4.78 is 1.86. The largest absolute Gasteiger partial charge is 0.409 e. The number of aromatic nitrogens is 5. The number of nitrogens with one attached hydrogen (secondary N) is 3. The molecule has 10 heteroatoms. The Morgan fingerprint density at radius 3 is 2.80 bits per heavy atom. The summed E-state index contributed by atoms with van der Waals surface area (Å²) in [5, 5.41) is 18.2. The summed E-state index contributed by atoms with van der Waals surface area (Å²) in [6.45, 7) is 3.43. The number of amidine groups is 1. The zero-order valence-electron chi connectivity index (χ0n) is 16.6. The Labute approximate surface area is 171 Å². The van der Waals surface area contributed by atoms with Crippen LogP contribution in [0.15, 0.2) is 48.1 Å². The van der Waals surface area contributed by atoms with E-state index in [1.165, 1.54) is 6.92 Å². The van der Waals surface area contributed by atoms with E-state index in [1.54, 1.807) is 24.7 Å². The first-order chi connectivity index (χ1) is 14.4. The van der Waals surface area contributed by atoms with Gasteiger partial charge in [0.2, 0.25) is 5.95 Å². The van der Waals surface area contributed by atoms with Crippen LogP contribution in [0.2, 0.25) is 0 Å². The maximum absolute atomic E-state index is 12.3. The van der Waals surface area contributed by atoms with E-state index in [1.807, 2.05) is 36.9 Å². The molecule has 0 aliphatic rings. The minimum absolute atomic E-state index is 0.114. The maximum Gasteiger partial charge on any atom is 0.273 e. The van der Waals surface area contributed by atoms with Gasteiger partial charge < -0.3 is 25.4 Å². The Hall–Kier alpha value is -4.21. The quantitative estimate of drug-likeness (QED) is 0.179. The number of hydrogen-bond donors (Lipinski definition) is 4. The number of aryl methyl sites for hydroxylation is 2. The SMILES string of the molecule is C/C(=N/O)NC(=O)c1cc2cc(Nc3nccc(-c4cn(C)cn4)n3)cc(C)c2[nH]1. The normalized spacial score (nSPS) is 11.6. The first-order valence-electron chi connectivity index (χ1n) is 9.14. The monoisotopic (exact) mass is 404 g/mol. The van der Waals surface area contributed by atoms with E-state index in [2.05, 4.69) is 35.7 Å². The van der Waals surface area contributed by atoms with Crippen LogP contribution in [0.25, 0.3) is 22.3 Å². The molecule has 0 aliphatic heterocycles. The molecule has 4 aromatic rings. The Morgan fingerprint density at radius 1 is 1.23 bits per heavy atom. The third-order valence-corrected chi connectivity index (χ3v) is 4.49. The standard InChI is InChI=1S/C20H20N8O2/c1-11-6-14(7-13-8-16(25-18(11)13)19(29)23-12(2)27-30)24-20-21-5-4-15(26-20)17-9-28(3)10-22-17/h4-10,25,30H,1-3H3,(H,21,24,26)(H,23,27,29). The molecule has 4 N–H and O–H groups in total. The van der Waals surface area contributed by atoms with Crippen molar-refractivity contribution in [3.8, 4) is 11.4 Å². The Morgan fingerprint density at radius 2 is 2.07 bits per heavy atom. The number of carbonyl (C=O) groups excluding carboxylic acids is 1. The molecule has 0 atom stereocenters. The zero-order chi connectivity index (χ0) is 21.3. The van der Waals surface area contributed by atoms with Crippen molar-refractivity contribution in [2.45, 2.75) is 13.8 Å². The minimum atomic E-state index is -0.387. The molecule has 0 fully saturated rings. The van der Waals surface area contributed by atoms with Crippen LogP contribution in [-0.2, 0) is 7.05 Å². The van der Waals surface area contributed by atoms with Crippen LogP contribution in [-0.4, -0.2) is 41.5 Å². The predicted molar refractivity (Wildman–Crippen MR) is 113 cm³/mol. The van der Waals surface area contributed by atoms with Crippen LogP contribution in [0.1, 0.15) is 23.0 Å². The van der Waals surface area contributed by atoms with Gasteiger partial charge in [0, 0.05) is 36.0 Å². The number of nitrogens with zero attached hydrogens (tertiary/aromatic N) is 5. The first-order valence-corrected chi connectivity index (χ1v) is 9.14. The third kappa shape index (κ3) is 3.83. The molecule has 0 bridgehead atoms. The van der Waals surface area contributed by atoms with Crippen molar-refractivity contribution in [3.05, 3.63) is 54.2 Å². The van der Waals surface area contributed by atoms with Gasteiger partial charge in [-0.1, -0.05) is 5.16 Å². The molecule has 0 spiro atoms. The first kappa shape index (κ1) is 19.1. The second kappa shape index (κ2) is 7.66. The van der Waals surface area contributed by atoms with Gasteiger partial charge >= 0.3 is 0 Å². The average Bonchev–Trinajstić information content (AvgIpc) is 3.35. The molecule has 3 aromatic heterocycles. The number of rotatable bonds is 4. The molecule has 0 saturated heterocycles. The summed E-state index contributed by atoms with van der Waals surface area (Å²) in [5.74, 6) is 0.171. The van der Waals surface area contributed by atoms with Crippen molar-refractivity contribution >= 4 is 34.3 Å². The number of anilines is 2. The lowest BCUT2D eigenvalue weighted by atomic mass is 10.1. The van der Waals surface area contributed by atoms with E-state index in [0.29, 0.717) is 17.3 Å². The molecule has 4 rings (SSSR count). The summed E-state index contributed by atoms with van der Waals surface area (Å²) >= 11 is 0. The van der Waals surface area contributed by atoms with Crippen molar-refractivity contribution < 1.29 is 10.0 Å². The lowest BCUT2D eigenvalue weighted by Gasteiger charge is -2.07. The number of H-pyrrole nitrogens is 1. The molecule has 0 unspecified atom stereocenters. The number of aromatic amines is 1. The Balaban J connectivity index is 1.62. The molecule has 0 saturated carbocycles. The smallest absolute Gasteiger partial charge is 0.273 e. The van der Waals surface area contributed by atoms with E-state index in [0.717, 1.165) is 27.8 Å². The van der Waals surface area contributed by atoms with Gasteiger partial charge in [-0.3, -0.25) is 4.79 Å².